The fraction of sp³-hybridized carbons (Fsp3) is 0.421. The maximum atomic E-state index is 12.8. The van der Waals surface area contributed by atoms with Crippen molar-refractivity contribution in [3.8, 4) is 0 Å². The van der Waals surface area contributed by atoms with Crippen LogP contribution in [0.2, 0.25) is 0 Å². The van der Waals surface area contributed by atoms with E-state index in [9.17, 15) is 13.2 Å². The molecule has 1 fully saturated rings. The van der Waals surface area contributed by atoms with Gasteiger partial charge in [0.2, 0.25) is 0 Å². The van der Waals surface area contributed by atoms with Gasteiger partial charge in [0.25, 0.3) is 0 Å². The summed E-state index contributed by atoms with van der Waals surface area (Å²) in [6.07, 6.45) is -0.983. The van der Waals surface area contributed by atoms with Gasteiger partial charge in [-0.2, -0.15) is 13.2 Å². The normalized spacial score (nSPS) is 15.9. The van der Waals surface area contributed by atoms with Gasteiger partial charge in [0.15, 0.2) is 0 Å². The molecule has 1 aliphatic rings. The van der Waals surface area contributed by atoms with Crippen molar-refractivity contribution in [2.75, 3.05) is 36.0 Å². The number of aromatic nitrogens is 3. The Morgan fingerprint density at radius 3 is 2.43 bits per heavy atom. The van der Waals surface area contributed by atoms with E-state index in [1.54, 1.807) is 17.7 Å². The van der Waals surface area contributed by atoms with Crippen LogP contribution in [0.25, 0.3) is 10.2 Å². The van der Waals surface area contributed by atoms with Gasteiger partial charge in [-0.05, 0) is 38.0 Å². The first-order valence-electron chi connectivity index (χ1n) is 9.08. The number of alkyl halides is 3. The number of thiophene rings is 1. The number of hydrogen-bond donors (Lipinski definition) is 0. The van der Waals surface area contributed by atoms with E-state index in [4.69, 9.17) is 0 Å². The van der Waals surface area contributed by atoms with Crippen LogP contribution in [-0.2, 0) is 6.18 Å². The molecule has 4 heterocycles. The largest absolute Gasteiger partial charge is 0.417 e. The number of fused-ring (bicyclic) bond motifs is 1. The lowest BCUT2D eigenvalue weighted by Crippen LogP contribution is -2.31. The minimum absolute atomic E-state index is 0.574. The van der Waals surface area contributed by atoms with E-state index in [2.05, 4.69) is 33.7 Å². The summed E-state index contributed by atoms with van der Waals surface area (Å²) in [7, 11) is 0. The second-order valence-electron chi connectivity index (χ2n) is 6.89. The van der Waals surface area contributed by atoms with Crippen LogP contribution in [0.4, 0.5) is 24.8 Å². The lowest BCUT2D eigenvalue weighted by molar-refractivity contribution is -0.137. The lowest BCUT2D eigenvalue weighted by Gasteiger charge is -2.24. The van der Waals surface area contributed by atoms with Crippen LogP contribution in [0.5, 0.6) is 0 Å². The third-order valence-electron chi connectivity index (χ3n) is 5.14. The van der Waals surface area contributed by atoms with Gasteiger partial charge in [-0.15, -0.1) is 11.3 Å². The van der Waals surface area contributed by atoms with Crippen LogP contribution >= 0.6 is 11.3 Å². The molecule has 0 atom stereocenters. The fourth-order valence-corrected chi connectivity index (χ4v) is 4.49. The Kier molecular flexibility index (Phi) is 4.86. The maximum Gasteiger partial charge on any atom is 0.417 e. The Morgan fingerprint density at radius 2 is 1.71 bits per heavy atom. The molecular weight excluding hydrogens is 387 g/mol. The minimum atomic E-state index is -4.37. The molecule has 9 heteroatoms. The molecule has 148 valence electrons. The highest BCUT2D eigenvalue weighted by Gasteiger charge is 2.31. The van der Waals surface area contributed by atoms with E-state index in [0.717, 1.165) is 54.4 Å². The van der Waals surface area contributed by atoms with Gasteiger partial charge in [0, 0.05) is 37.3 Å². The molecule has 0 N–H and O–H groups in total. The monoisotopic (exact) mass is 407 g/mol. The van der Waals surface area contributed by atoms with Crippen molar-refractivity contribution in [1.29, 1.82) is 0 Å². The van der Waals surface area contributed by atoms with Crippen molar-refractivity contribution in [3.63, 3.8) is 0 Å². The average molecular weight is 407 g/mol. The summed E-state index contributed by atoms with van der Waals surface area (Å²) in [4.78, 5) is 19.5. The van der Waals surface area contributed by atoms with E-state index in [0.29, 0.717) is 12.4 Å². The molecule has 0 unspecified atom stereocenters. The zero-order valence-corrected chi connectivity index (χ0v) is 16.4. The highest BCUT2D eigenvalue weighted by atomic mass is 32.1. The molecule has 0 radical (unpaired) electrons. The van der Waals surface area contributed by atoms with Crippen molar-refractivity contribution in [2.24, 2.45) is 0 Å². The smallest absolute Gasteiger partial charge is 0.355 e. The highest BCUT2D eigenvalue weighted by molar-refractivity contribution is 7.18. The summed E-state index contributed by atoms with van der Waals surface area (Å²) in [5.41, 5.74) is 0.487. The second-order valence-corrected chi connectivity index (χ2v) is 8.09. The molecule has 0 spiro atoms. The quantitative estimate of drug-likeness (QED) is 0.629. The molecule has 0 amide bonds. The Bertz CT molecular complexity index is 984. The first-order chi connectivity index (χ1) is 13.3. The van der Waals surface area contributed by atoms with Gasteiger partial charge < -0.3 is 9.80 Å². The van der Waals surface area contributed by atoms with Crippen LogP contribution < -0.4 is 9.80 Å². The predicted octanol–water partition coefficient (Wildman–Crippen LogP) is 4.44. The van der Waals surface area contributed by atoms with E-state index >= 15 is 0 Å². The number of pyridine rings is 1. The van der Waals surface area contributed by atoms with Crippen LogP contribution in [-0.4, -0.2) is 41.1 Å². The van der Waals surface area contributed by atoms with E-state index in [1.165, 1.54) is 16.5 Å². The van der Waals surface area contributed by atoms with Gasteiger partial charge in [0.05, 0.1) is 10.9 Å². The molecule has 4 rings (SSSR count). The zero-order valence-electron chi connectivity index (χ0n) is 15.6. The molecule has 1 saturated heterocycles. The lowest BCUT2D eigenvalue weighted by atomic mass is 10.2. The molecule has 28 heavy (non-hydrogen) atoms. The number of hydrogen-bond acceptors (Lipinski definition) is 6. The molecule has 0 saturated carbocycles. The first kappa shape index (κ1) is 18.9. The van der Waals surface area contributed by atoms with Gasteiger partial charge in [-0.1, -0.05) is 0 Å². The summed E-state index contributed by atoms with van der Waals surface area (Å²) in [5.74, 6) is 1.51. The summed E-state index contributed by atoms with van der Waals surface area (Å²) in [6.45, 7) is 7.15. The average Bonchev–Trinajstić information content (AvgIpc) is 2.85. The van der Waals surface area contributed by atoms with Crippen LogP contribution in [0.15, 0.2) is 24.7 Å². The zero-order chi connectivity index (χ0) is 19.9. The van der Waals surface area contributed by atoms with Gasteiger partial charge in [-0.3, -0.25) is 0 Å². The standard InChI is InChI=1S/C19H20F3N5S/c1-12-13(2)28-18-16(12)17(24-11-25-18)27-7-3-6-26(8-9-27)15-5-4-14(10-23-15)19(20,21)22/h4-5,10-11H,3,6-9H2,1-2H3. The van der Waals surface area contributed by atoms with Crippen molar-refractivity contribution < 1.29 is 13.2 Å². The number of nitrogens with zero attached hydrogens (tertiary/aromatic N) is 5. The van der Waals surface area contributed by atoms with E-state index < -0.39 is 11.7 Å². The molecule has 3 aromatic heterocycles. The SMILES string of the molecule is Cc1sc2ncnc(N3CCCN(c4ccc(C(F)(F)F)cn4)CC3)c2c1C. The van der Waals surface area contributed by atoms with E-state index in [1.807, 2.05) is 4.90 Å². The van der Waals surface area contributed by atoms with Crippen LogP contribution in [0.3, 0.4) is 0 Å². The maximum absolute atomic E-state index is 12.8. The van der Waals surface area contributed by atoms with Crippen LogP contribution in [0.1, 0.15) is 22.4 Å². The highest BCUT2D eigenvalue weighted by Crippen LogP contribution is 2.35. The number of anilines is 2. The minimum Gasteiger partial charge on any atom is -0.355 e. The molecule has 0 aliphatic carbocycles. The molecule has 5 nitrogen and oxygen atoms in total. The Morgan fingerprint density at radius 1 is 0.964 bits per heavy atom. The topological polar surface area (TPSA) is 45.2 Å². The van der Waals surface area contributed by atoms with Crippen molar-refractivity contribution in [2.45, 2.75) is 26.4 Å². The fourth-order valence-electron chi connectivity index (χ4n) is 3.50. The predicted molar refractivity (Wildman–Crippen MR) is 105 cm³/mol. The van der Waals surface area contributed by atoms with Crippen LogP contribution in [0, 0.1) is 13.8 Å². The summed E-state index contributed by atoms with van der Waals surface area (Å²) < 4.78 is 38.3. The van der Waals surface area contributed by atoms with Crippen molar-refractivity contribution >= 4 is 33.2 Å². The third kappa shape index (κ3) is 3.50. The first-order valence-corrected chi connectivity index (χ1v) is 9.90. The third-order valence-corrected chi connectivity index (χ3v) is 6.26. The second kappa shape index (κ2) is 7.20. The number of halogens is 3. The number of aryl methyl sites for hydroxylation is 2. The summed E-state index contributed by atoms with van der Waals surface area (Å²) >= 11 is 1.67. The molecule has 0 aromatic carbocycles. The number of rotatable bonds is 2. The summed E-state index contributed by atoms with van der Waals surface area (Å²) in [5, 5.41) is 1.10. The molecule has 3 aromatic rings. The van der Waals surface area contributed by atoms with Gasteiger partial charge in [-0.25, -0.2) is 15.0 Å². The van der Waals surface area contributed by atoms with Crippen molar-refractivity contribution in [3.05, 3.63) is 40.7 Å². The molecule has 0 bridgehead atoms. The molecule has 1 aliphatic heterocycles. The van der Waals surface area contributed by atoms with E-state index in [-0.39, 0.29) is 0 Å². The van der Waals surface area contributed by atoms with Gasteiger partial charge >= 0.3 is 6.18 Å². The molecular formula is C19H20F3N5S. The Hall–Kier alpha value is -2.42. The Balaban J connectivity index is 1.55. The summed E-state index contributed by atoms with van der Waals surface area (Å²) in [6, 6.07) is 2.55. The Labute approximate surface area is 164 Å². The van der Waals surface area contributed by atoms with Crippen molar-refractivity contribution in [1.82, 2.24) is 15.0 Å². The van der Waals surface area contributed by atoms with Gasteiger partial charge in [0.1, 0.15) is 22.8 Å².